The van der Waals surface area contributed by atoms with Crippen molar-refractivity contribution < 1.29 is 78.0 Å². The Morgan fingerprint density at radius 3 is 1.25 bits per heavy atom. The SMILES string of the molecule is CCCCC[C@@H](CC[C@@H]1[C@H]2Cc3cccc(OCC(=O)O)c3C[C@H]2C[C@H]1O[Si](C)(C)C(C)(C)C)O[Si](C)(C)C(C)(C)C.CCCCC[C@@H](CC[C@@H]1[C@H]2Cc3cccc(OCC(=O)OCc4ccccc4)c3C[C@H]2C[C@H]1O[Si](C)(C)C(C)(C)C)O[Si](C)(C)C(C)(C)C.CCOC(C)=O.[CH3-].[HH].[Pd]. The molecule has 570 valence electrons. The van der Waals surface area contributed by atoms with Crippen LogP contribution in [-0.4, -0.2) is 101 Å². The van der Waals surface area contributed by atoms with Gasteiger partial charge in [0.15, 0.2) is 46.5 Å². The molecule has 0 spiro atoms. The number of hydrogen-bond donors (Lipinski definition) is 1. The van der Waals surface area contributed by atoms with Gasteiger partial charge in [0.05, 0.1) is 6.61 Å². The summed E-state index contributed by atoms with van der Waals surface area (Å²) in [5.41, 5.74) is 6.15. The second-order valence-corrected chi connectivity index (χ2v) is 54.3. The summed E-state index contributed by atoms with van der Waals surface area (Å²) >= 11 is 0. The van der Waals surface area contributed by atoms with Gasteiger partial charge < -0.3 is 49.2 Å². The summed E-state index contributed by atoms with van der Waals surface area (Å²) in [6, 6.07) is 22.4. The normalized spacial score (nSPS) is 21.4. The largest absolute Gasteiger partial charge is 0.482 e. The van der Waals surface area contributed by atoms with E-state index in [-0.39, 0.29) is 93.4 Å². The van der Waals surface area contributed by atoms with Crippen LogP contribution in [0.2, 0.25) is 72.5 Å². The molecule has 99 heavy (non-hydrogen) atoms. The van der Waals surface area contributed by atoms with E-state index < -0.39 is 39.2 Å². The van der Waals surface area contributed by atoms with Gasteiger partial charge in [-0.3, -0.25) is 4.79 Å². The molecule has 17 heteroatoms. The molecule has 7 rings (SSSR count). The number of benzene rings is 3. The third kappa shape index (κ3) is 26.9. The van der Waals surface area contributed by atoms with Crippen LogP contribution in [-0.2, 0) is 94.3 Å². The molecule has 0 radical (unpaired) electrons. The zero-order valence-corrected chi connectivity index (χ0v) is 72.5. The van der Waals surface area contributed by atoms with Crippen molar-refractivity contribution >= 4 is 51.2 Å². The maximum absolute atomic E-state index is 12.6. The number of esters is 2. The van der Waals surface area contributed by atoms with Crippen LogP contribution in [0.15, 0.2) is 66.7 Å². The first-order chi connectivity index (χ1) is 45.0. The van der Waals surface area contributed by atoms with Crippen LogP contribution in [0.5, 0.6) is 11.5 Å². The molecule has 4 aliphatic carbocycles. The van der Waals surface area contributed by atoms with Crippen LogP contribution in [0.1, 0.15) is 230 Å². The van der Waals surface area contributed by atoms with Crippen LogP contribution >= 0.6 is 0 Å². The van der Waals surface area contributed by atoms with Crippen LogP contribution in [0.25, 0.3) is 0 Å². The molecule has 0 unspecified atom stereocenters. The third-order valence-corrected chi connectivity index (χ3v) is 41.9. The fourth-order valence-corrected chi connectivity index (χ4v) is 19.8. The quantitative estimate of drug-likeness (QED) is 0.0283. The molecule has 3 aromatic rings. The minimum Gasteiger partial charge on any atom is -0.482 e. The summed E-state index contributed by atoms with van der Waals surface area (Å²) in [6.07, 6.45) is 21.7. The first-order valence-corrected chi connectivity index (χ1v) is 49.4. The van der Waals surface area contributed by atoms with Crippen molar-refractivity contribution in [3.63, 3.8) is 0 Å². The smallest absolute Gasteiger partial charge is 0.344 e. The maximum atomic E-state index is 12.6. The first-order valence-electron chi connectivity index (χ1n) is 37.8. The van der Waals surface area contributed by atoms with E-state index in [0.29, 0.717) is 54.3 Å². The van der Waals surface area contributed by atoms with Gasteiger partial charge >= 0.3 is 17.9 Å². The molecule has 12 nitrogen and oxygen atoms in total. The average molecular weight is 1540 g/mol. The van der Waals surface area contributed by atoms with E-state index in [0.717, 1.165) is 94.1 Å². The number of carbonyl (C=O) groups excluding carboxylic acids is 2. The van der Waals surface area contributed by atoms with Crippen LogP contribution in [0, 0.1) is 42.9 Å². The minimum atomic E-state index is -1.97. The fraction of sp³-hybridized carbons (Fsp3) is 0.732. The van der Waals surface area contributed by atoms with Crippen molar-refractivity contribution in [2.75, 3.05) is 19.8 Å². The Hall–Kier alpha value is -2.96. The summed E-state index contributed by atoms with van der Waals surface area (Å²) in [6.45, 7) is 55.6. The number of aliphatic carboxylic acids is 1. The van der Waals surface area contributed by atoms with Gasteiger partial charge in [0.25, 0.3) is 0 Å². The summed E-state index contributed by atoms with van der Waals surface area (Å²) in [5.74, 6) is 3.36. The zero-order chi connectivity index (χ0) is 72.5. The van der Waals surface area contributed by atoms with Gasteiger partial charge in [-0.1, -0.05) is 190 Å². The molecule has 0 aromatic heterocycles. The molecule has 2 saturated carbocycles. The Morgan fingerprint density at radius 2 is 0.909 bits per heavy atom. The van der Waals surface area contributed by atoms with Gasteiger partial charge in [-0.25, -0.2) is 9.59 Å². The van der Waals surface area contributed by atoms with Crippen molar-refractivity contribution in [2.45, 2.75) is 330 Å². The van der Waals surface area contributed by atoms with Crippen molar-refractivity contribution in [3.8, 4) is 11.5 Å². The van der Waals surface area contributed by atoms with Crippen LogP contribution < -0.4 is 9.47 Å². The Bertz CT molecular complexity index is 2910. The number of ether oxygens (including phenoxy) is 4. The molecule has 0 heterocycles. The number of fused-ring (bicyclic) bond motifs is 4. The fourth-order valence-electron chi connectivity index (χ4n) is 14.2. The number of carboxylic acid groups (broad SMARTS) is 1. The van der Waals surface area contributed by atoms with Crippen molar-refractivity contribution in [3.05, 3.63) is 102 Å². The monoisotopic (exact) mass is 1540 g/mol. The number of rotatable bonds is 31. The number of carboxylic acids is 1. The number of carbonyl (C=O) groups is 3. The number of hydrogen-bond acceptors (Lipinski definition) is 11. The molecule has 0 saturated heterocycles. The predicted molar refractivity (Wildman–Crippen MR) is 419 cm³/mol. The molecule has 0 aliphatic heterocycles. The second-order valence-electron chi connectivity index (χ2n) is 35.3. The van der Waals surface area contributed by atoms with Gasteiger partial charge in [-0.05, 0) is 232 Å². The van der Waals surface area contributed by atoms with E-state index in [4.69, 9.17) is 31.9 Å². The molecule has 1 N–H and O–H groups in total. The van der Waals surface area contributed by atoms with Crippen molar-refractivity contribution in [1.82, 2.24) is 0 Å². The standard InChI is InChI=1S/C42H68O5Si2.C35H62O5Si2.C4H8O2.CH3.Pd.H2/c1-12-13-15-22-34(46-48(8,9)41(2,3)4)24-25-35-36-26-32-21-18-23-38(44-30-40(43)45-29-31-19-16-14-17-20-31)37(32)27-33(36)28-39(35)47-49(10,11)42(5,6)7;1-12-13-14-17-27(39-41(8,9)34(2,3)4)19-20-28-29-21-25-16-15-18-31(38-24-33(36)37)30(25)22-26(29)23-32(28)40-42(10,11)35(5,6)7;1-3-6-4(2)5;;;/h14,16-21,23,33-36,39H,12-13,15,22,24-30H2,1-11H3;15-16,18,26-29,32H,12-14,17,19-24H2,1-11H3,(H,36,37);3H2,1-2H3;1H3;;1H/q;;;-1;;/t33-,34-,35+,36-,39+;26-,27-,28+,29-,32+;;;;/m00..../s1. The molecule has 0 amide bonds. The van der Waals surface area contributed by atoms with Crippen molar-refractivity contribution in [2.24, 2.45) is 35.5 Å². The number of unbranched alkanes of at least 4 members (excludes halogenated alkanes) is 4. The molecule has 2 fully saturated rings. The Kier molecular flexibility index (Phi) is 35.9. The van der Waals surface area contributed by atoms with E-state index in [2.05, 4.69) is 172 Å². The van der Waals surface area contributed by atoms with Crippen LogP contribution in [0.4, 0.5) is 0 Å². The molecular weight excluding hydrogens is 1400 g/mol. The van der Waals surface area contributed by atoms with E-state index in [1.54, 1.807) is 6.92 Å². The predicted octanol–water partition coefficient (Wildman–Crippen LogP) is 22.2. The van der Waals surface area contributed by atoms with Gasteiger partial charge in [-0.15, -0.1) is 0 Å². The van der Waals surface area contributed by atoms with Crippen molar-refractivity contribution in [1.29, 1.82) is 0 Å². The van der Waals surface area contributed by atoms with E-state index in [1.807, 2.05) is 48.5 Å². The topological polar surface area (TPSA) is 145 Å². The zero-order valence-electron chi connectivity index (χ0n) is 66.9. The summed E-state index contributed by atoms with van der Waals surface area (Å²) in [7, 11) is -7.67. The van der Waals surface area contributed by atoms with Gasteiger partial charge in [-0.2, -0.15) is 0 Å². The summed E-state index contributed by atoms with van der Waals surface area (Å²) in [4.78, 5) is 33.7. The molecule has 4 aliphatic rings. The minimum absolute atomic E-state index is 0. The van der Waals surface area contributed by atoms with Gasteiger partial charge in [0, 0.05) is 53.2 Å². The third-order valence-electron chi connectivity index (χ3n) is 23.9. The van der Waals surface area contributed by atoms with E-state index >= 15 is 0 Å². The Balaban J connectivity index is 0.000000617. The molecule has 3 aromatic carbocycles. The molecular formula is C82H143O12PdSi4-. The second kappa shape index (κ2) is 39.4. The van der Waals surface area contributed by atoms with Crippen LogP contribution in [0.3, 0.4) is 0 Å². The van der Waals surface area contributed by atoms with Gasteiger partial charge in [0.2, 0.25) is 0 Å². The summed E-state index contributed by atoms with van der Waals surface area (Å²) in [5, 5.41) is 9.95. The van der Waals surface area contributed by atoms with E-state index in [9.17, 15) is 19.5 Å². The molecule has 0 bridgehead atoms. The van der Waals surface area contributed by atoms with Gasteiger partial charge in [0.1, 0.15) is 18.1 Å². The summed E-state index contributed by atoms with van der Waals surface area (Å²) < 4.78 is 50.7. The van der Waals surface area contributed by atoms with E-state index in [1.165, 1.54) is 67.7 Å². The first kappa shape index (κ1) is 90.3. The molecule has 10 atom stereocenters. The maximum Gasteiger partial charge on any atom is 0.344 e. The Labute approximate surface area is 623 Å². The average Bonchev–Trinajstić information content (AvgIpc) is 1.60. The Morgan fingerprint density at radius 1 is 0.515 bits per heavy atom.